The van der Waals surface area contributed by atoms with Gasteiger partial charge in [-0.1, -0.05) is 6.07 Å². The monoisotopic (exact) mass is 283 g/mol. The van der Waals surface area contributed by atoms with E-state index in [4.69, 9.17) is 5.73 Å². The number of hydrogen-bond donors (Lipinski definition) is 1. The average molecular weight is 284 g/mol. The number of aryl methyl sites for hydroxylation is 1. The van der Waals surface area contributed by atoms with Gasteiger partial charge in [-0.25, -0.2) is 4.39 Å². The lowest BCUT2D eigenvalue weighted by Gasteiger charge is -2.09. The lowest BCUT2D eigenvalue weighted by atomic mass is 10.1. The highest BCUT2D eigenvalue weighted by atomic mass is 79.9. The minimum absolute atomic E-state index is 0.294. The first-order valence-electron chi connectivity index (χ1n) is 4.78. The van der Waals surface area contributed by atoms with Crippen molar-refractivity contribution >= 4 is 15.9 Å². The van der Waals surface area contributed by atoms with Crippen LogP contribution in [0.5, 0.6) is 0 Å². The fourth-order valence-electron chi connectivity index (χ4n) is 1.48. The van der Waals surface area contributed by atoms with Crippen LogP contribution in [0.3, 0.4) is 0 Å². The lowest BCUT2D eigenvalue weighted by molar-refractivity contribution is 0.619. The van der Waals surface area contributed by atoms with E-state index in [0.717, 1.165) is 11.3 Å². The van der Waals surface area contributed by atoms with Gasteiger partial charge < -0.3 is 5.73 Å². The second-order valence-corrected chi connectivity index (χ2v) is 4.42. The van der Waals surface area contributed by atoms with Gasteiger partial charge in [0.1, 0.15) is 5.82 Å². The maximum absolute atomic E-state index is 13.1. The summed E-state index contributed by atoms with van der Waals surface area (Å²) in [6.45, 7) is 0. The van der Waals surface area contributed by atoms with Gasteiger partial charge in [-0.15, -0.1) is 0 Å². The Morgan fingerprint density at radius 3 is 2.75 bits per heavy atom. The molecule has 1 aromatic heterocycles. The van der Waals surface area contributed by atoms with Gasteiger partial charge in [0.05, 0.1) is 16.2 Å². The molecule has 0 spiro atoms. The van der Waals surface area contributed by atoms with Gasteiger partial charge >= 0.3 is 0 Å². The second-order valence-electron chi connectivity index (χ2n) is 3.57. The molecule has 1 heterocycles. The molecule has 0 saturated carbocycles. The summed E-state index contributed by atoms with van der Waals surface area (Å²) in [5, 5.41) is 4.22. The van der Waals surface area contributed by atoms with Crippen molar-refractivity contribution in [1.82, 2.24) is 9.78 Å². The van der Waals surface area contributed by atoms with Crippen molar-refractivity contribution in [2.75, 3.05) is 0 Å². The molecule has 0 radical (unpaired) electrons. The molecule has 2 N–H and O–H groups in total. The molecule has 0 aliphatic rings. The van der Waals surface area contributed by atoms with Gasteiger partial charge in [0.25, 0.3) is 0 Å². The molecule has 0 bridgehead atoms. The third kappa shape index (κ3) is 2.15. The Labute approximate surface area is 101 Å². The third-order valence-electron chi connectivity index (χ3n) is 2.36. The highest BCUT2D eigenvalue weighted by molar-refractivity contribution is 9.10. The Hall–Kier alpha value is -1.20. The van der Waals surface area contributed by atoms with Crippen LogP contribution in [0.15, 0.2) is 34.9 Å². The summed E-state index contributed by atoms with van der Waals surface area (Å²) in [7, 11) is 1.83. The molecule has 0 aliphatic carbocycles. The summed E-state index contributed by atoms with van der Waals surface area (Å²) < 4.78 is 15.2. The molecule has 1 unspecified atom stereocenters. The molecule has 2 rings (SSSR count). The molecule has 2 aromatic rings. The van der Waals surface area contributed by atoms with Crippen LogP contribution in [0.25, 0.3) is 0 Å². The summed E-state index contributed by atoms with van der Waals surface area (Å²) in [4.78, 5) is 0. The number of nitrogens with two attached hydrogens (primary N) is 1. The fourth-order valence-corrected chi connectivity index (χ4v) is 1.87. The normalized spacial score (nSPS) is 12.8. The minimum atomic E-state index is -0.335. The van der Waals surface area contributed by atoms with E-state index in [1.54, 1.807) is 16.8 Å². The van der Waals surface area contributed by atoms with E-state index in [9.17, 15) is 4.39 Å². The summed E-state index contributed by atoms with van der Waals surface area (Å²) in [5.74, 6) is -0.294. The Kier molecular flexibility index (Phi) is 3.07. The first-order chi connectivity index (χ1) is 7.58. The summed E-state index contributed by atoms with van der Waals surface area (Å²) in [5.41, 5.74) is 7.62. The van der Waals surface area contributed by atoms with Crippen LogP contribution in [-0.4, -0.2) is 9.78 Å². The molecule has 0 amide bonds. The molecule has 0 saturated heterocycles. The van der Waals surface area contributed by atoms with Gasteiger partial charge in [-0.3, -0.25) is 4.68 Å². The Morgan fingerprint density at radius 2 is 2.19 bits per heavy atom. The first-order valence-corrected chi connectivity index (χ1v) is 5.57. The van der Waals surface area contributed by atoms with Crippen LogP contribution in [0.1, 0.15) is 17.3 Å². The summed E-state index contributed by atoms with van der Waals surface area (Å²) >= 11 is 3.14. The lowest BCUT2D eigenvalue weighted by Crippen LogP contribution is -2.13. The zero-order valence-corrected chi connectivity index (χ0v) is 10.3. The summed E-state index contributed by atoms with van der Waals surface area (Å²) in [6.07, 6.45) is 1.83. The van der Waals surface area contributed by atoms with E-state index in [2.05, 4.69) is 21.0 Å². The molecule has 5 heteroatoms. The predicted molar refractivity (Wildman–Crippen MR) is 63.3 cm³/mol. The minimum Gasteiger partial charge on any atom is -0.319 e. The zero-order valence-electron chi connectivity index (χ0n) is 8.69. The number of rotatable bonds is 2. The van der Waals surface area contributed by atoms with E-state index >= 15 is 0 Å². The maximum Gasteiger partial charge on any atom is 0.137 e. The van der Waals surface area contributed by atoms with Crippen molar-refractivity contribution in [2.45, 2.75) is 6.04 Å². The molecule has 1 aromatic carbocycles. The number of aromatic nitrogens is 2. The Balaban J connectivity index is 2.33. The quantitative estimate of drug-likeness (QED) is 0.920. The number of benzene rings is 1. The van der Waals surface area contributed by atoms with Crippen LogP contribution in [-0.2, 0) is 7.05 Å². The molecule has 1 atom stereocenters. The Bertz CT molecular complexity index is 510. The van der Waals surface area contributed by atoms with Crippen molar-refractivity contribution in [3.63, 3.8) is 0 Å². The average Bonchev–Trinajstić information content (AvgIpc) is 2.68. The second kappa shape index (κ2) is 4.35. The van der Waals surface area contributed by atoms with E-state index < -0.39 is 0 Å². The maximum atomic E-state index is 13.1. The van der Waals surface area contributed by atoms with Gasteiger partial charge in [0.15, 0.2) is 0 Å². The van der Waals surface area contributed by atoms with Crippen molar-refractivity contribution in [3.8, 4) is 0 Å². The molecule has 0 fully saturated rings. The van der Waals surface area contributed by atoms with Crippen LogP contribution in [0.4, 0.5) is 4.39 Å². The fraction of sp³-hybridized carbons (Fsp3) is 0.182. The number of nitrogens with zero attached hydrogens (tertiary/aromatic N) is 2. The highest BCUT2D eigenvalue weighted by Gasteiger charge is 2.12. The molecule has 84 valence electrons. The topological polar surface area (TPSA) is 43.8 Å². The van der Waals surface area contributed by atoms with E-state index in [0.29, 0.717) is 4.47 Å². The molecular weight excluding hydrogens is 273 g/mol. The van der Waals surface area contributed by atoms with Gasteiger partial charge in [-0.2, -0.15) is 5.10 Å². The number of halogens is 2. The van der Waals surface area contributed by atoms with Crippen LogP contribution < -0.4 is 5.73 Å². The van der Waals surface area contributed by atoms with Crippen LogP contribution in [0.2, 0.25) is 0 Å². The van der Waals surface area contributed by atoms with Gasteiger partial charge in [-0.05, 0) is 39.7 Å². The molecule has 0 aliphatic heterocycles. The van der Waals surface area contributed by atoms with Crippen molar-refractivity contribution < 1.29 is 4.39 Å². The highest BCUT2D eigenvalue weighted by Crippen LogP contribution is 2.23. The standard InChI is InChI=1S/C11H11BrFN3/c1-16-5-4-10(15-16)11(14)7-2-3-9(13)8(12)6-7/h2-6,11H,14H2,1H3. The Morgan fingerprint density at radius 1 is 1.44 bits per heavy atom. The van der Waals surface area contributed by atoms with Gasteiger partial charge in [0.2, 0.25) is 0 Å². The first kappa shape index (κ1) is 11.3. The van der Waals surface area contributed by atoms with Crippen molar-refractivity contribution in [2.24, 2.45) is 12.8 Å². The predicted octanol–water partition coefficient (Wildman–Crippen LogP) is 2.37. The zero-order chi connectivity index (χ0) is 11.7. The smallest absolute Gasteiger partial charge is 0.137 e. The third-order valence-corrected chi connectivity index (χ3v) is 2.96. The SMILES string of the molecule is Cn1ccc(C(N)c2ccc(F)c(Br)c2)n1. The molecule has 16 heavy (non-hydrogen) atoms. The van der Waals surface area contributed by atoms with E-state index in [-0.39, 0.29) is 11.9 Å². The van der Waals surface area contributed by atoms with Crippen molar-refractivity contribution in [1.29, 1.82) is 0 Å². The number of hydrogen-bond acceptors (Lipinski definition) is 2. The van der Waals surface area contributed by atoms with Crippen molar-refractivity contribution in [3.05, 3.63) is 52.0 Å². The van der Waals surface area contributed by atoms with Crippen LogP contribution in [0, 0.1) is 5.82 Å². The summed E-state index contributed by atoms with van der Waals surface area (Å²) in [6, 6.07) is 6.25. The van der Waals surface area contributed by atoms with E-state index in [1.165, 1.54) is 6.07 Å². The van der Waals surface area contributed by atoms with Gasteiger partial charge in [0, 0.05) is 13.2 Å². The van der Waals surface area contributed by atoms with E-state index in [1.807, 2.05) is 19.3 Å². The van der Waals surface area contributed by atoms with Crippen LogP contribution >= 0.6 is 15.9 Å². The largest absolute Gasteiger partial charge is 0.319 e. The molecular formula is C11H11BrFN3. The molecule has 3 nitrogen and oxygen atoms in total.